The molecule has 0 unspecified atom stereocenters. The summed E-state index contributed by atoms with van der Waals surface area (Å²) in [5, 5.41) is 13.8. The number of carbonyl (C=O) groups is 1. The van der Waals surface area contributed by atoms with Gasteiger partial charge in [0.05, 0.1) is 23.2 Å². The van der Waals surface area contributed by atoms with Crippen molar-refractivity contribution in [3.05, 3.63) is 28.8 Å². The van der Waals surface area contributed by atoms with Gasteiger partial charge < -0.3 is 20.6 Å². The number of hydrogen-bond donors (Lipinski definition) is 3. The summed E-state index contributed by atoms with van der Waals surface area (Å²) in [5.74, 6) is 0. The van der Waals surface area contributed by atoms with Gasteiger partial charge in [0.15, 0.2) is 0 Å². The molecule has 0 bridgehead atoms. The van der Waals surface area contributed by atoms with Crippen molar-refractivity contribution in [2.24, 2.45) is 0 Å². The lowest BCUT2D eigenvalue weighted by Crippen LogP contribution is -2.42. The summed E-state index contributed by atoms with van der Waals surface area (Å²) >= 11 is 5.54. The maximum atomic E-state index is 12.8. The Kier molecular flexibility index (Phi) is 8.47. The number of rotatable bonds is 8. The summed E-state index contributed by atoms with van der Waals surface area (Å²) in [5.41, 5.74) is -1.05. The van der Waals surface area contributed by atoms with Crippen LogP contribution in [0.3, 0.4) is 0 Å². The third-order valence-electron chi connectivity index (χ3n) is 3.77. The zero-order valence-corrected chi connectivity index (χ0v) is 14.9. The van der Waals surface area contributed by atoms with Gasteiger partial charge in [-0.3, -0.25) is 0 Å². The van der Waals surface area contributed by atoms with E-state index in [0.717, 1.165) is 25.2 Å². The van der Waals surface area contributed by atoms with Gasteiger partial charge in [-0.05, 0) is 37.7 Å². The van der Waals surface area contributed by atoms with E-state index < -0.39 is 28.8 Å². The van der Waals surface area contributed by atoms with Gasteiger partial charge in [0.2, 0.25) is 0 Å². The molecule has 3 N–H and O–H groups in total. The number of carbonyl (C=O) groups excluding carboxylic acids is 1. The number of nitrogens with zero attached hydrogens (tertiary/aromatic N) is 1. The molecule has 1 aromatic carbocycles. The normalized spacial score (nSPS) is 13.0. The second-order valence-electron chi connectivity index (χ2n) is 5.49. The SMILES string of the molecule is CCN(CC)CC[C@@H](CO)NC(=O)Nc1ccc(Cl)c(C(F)(F)F)c1. The highest BCUT2D eigenvalue weighted by molar-refractivity contribution is 6.31. The molecular formula is C16H23ClF3N3O2. The van der Waals surface area contributed by atoms with E-state index >= 15 is 0 Å². The van der Waals surface area contributed by atoms with Crippen LogP contribution in [-0.2, 0) is 6.18 Å². The predicted molar refractivity (Wildman–Crippen MR) is 91.9 cm³/mol. The number of aliphatic hydroxyl groups is 1. The number of anilines is 1. The van der Waals surface area contributed by atoms with Gasteiger partial charge in [-0.15, -0.1) is 0 Å². The van der Waals surface area contributed by atoms with Crippen molar-refractivity contribution in [2.75, 3.05) is 31.6 Å². The molecule has 9 heteroatoms. The van der Waals surface area contributed by atoms with Crippen LogP contribution in [0.15, 0.2) is 18.2 Å². The van der Waals surface area contributed by atoms with Crippen molar-refractivity contribution in [2.45, 2.75) is 32.5 Å². The Morgan fingerprint density at radius 2 is 1.96 bits per heavy atom. The molecule has 0 saturated heterocycles. The number of benzene rings is 1. The van der Waals surface area contributed by atoms with Crippen LogP contribution < -0.4 is 10.6 Å². The van der Waals surface area contributed by atoms with Crippen LogP contribution in [0.25, 0.3) is 0 Å². The molecule has 0 heterocycles. The zero-order chi connectivity index (χ0) is 19.0. The van der Waals surface area contributed by atoms with Crippen LogP contribution in [0, 0.1) is 0 Å². The Morgan fingerprint density at radius 1 is 1.32 bits per heavy atom. The topological polar surface area (TPSA) is 64.6 Å². The van der Waals surface area contributed by atoms with E-state index in [9.17, 15) is 23.1 Å². The molecule has 0 fully saturated rings. The Hall–Kier alpha value is -1.51. The zero-order valence-electron chi connectivity index (χ0n) is 14.2. The Morgan fingerprint density at radius 3 is 2.48 bits per heavy atom. The summed E-state index contributed by atoms with van der Waals surface area (Å²) in [6.45, 7) is 6.16. The number of aliphatic hydroxyl groups excluding tert-OH is 1. The van der Waals surface area contributed by atoms with Crippen LogP contribution >= 0.6 is 11.6 Å². The number of urea groups is 1. The largest absolute Gasteiger partial charge is 0.417 e. The molecule has 5 nitrogen and oxygen atoms in total. The van der Waals surface area contributed by atoms with Gasteiger partial charge in [0.25, 0.3) is 0 Å². The fourth-order valence-corrected chi connectivity index (χ4v) is 2.48. The molecule has 0 saturated carbocycles. The molecule has 0 radical (unpaired) electrons. The Bertz CT molecular complexity index is 566. The van der Waals surface area contributed by atoms with Crippen LogP contribution in [0.5, 0.6) is 0 Å². The van der Waals surface area contributed by atoms with Crippen molar-refractivity contribution >= 4 is 23.3 Å². The molecule has 0 spiro atoms. The molecule has 142 valence electrons. The maximum Gasteiger partial charge on any atom is 0.417 e. The molecule has 0 aliphatic rings. The molecule has 2 amide bonds. The van der Waals surface area contributed by atoms with Crippen LogP contribution in [0.4, 0.5) is 23.7 Å². The van der Waals surface area contributed by atoms with Crippen molar-refractivity contribution in [1.82, 2.24) is 10.2 Å². The van der Waals surface area contributed by atoms with Gasteiger partial charge in [-0.1, -0.05) is 25.4 Å². The average molecular weight is 382 g/mol. The Balaban J connectivity index is 2.66. The molecule has 0 aromatic heterocycles. The molecule has 0 aliphatic heterocycles. The van der Waals surface area contributed by atoms with E-state index in [-0.39, 0.29) is 12.3 Å². The molecule has 1 aromatic rings. The minimum absolute atomic E-state index is 0.0327. The van der Waals surface area contributed by atoms with Gasteiger partial charge in [0, 0.05) is 12.2 Å². The van der Waals surface area contributed by atoms with E-state index in [1.165, 1.54) is 6.07 Å². The highest BCUT2D eigenvalue weighted by Crippen LogP contribution is 2.36. The first kappa shape index (κ1) is 21.5. The van der Waals surface area contributed by atoms with Crippen molar-refractivity contribution in [3.8, 4) is 0 Å². The average Bonchev–Trinajstić information content (AvgIpc) is 2.55. The number of amides is 2. The second-order valence-corrected chi connectivity index (χ2v) is 5.89. The quantitative estimate of drug-likeness (QED) is 0.645. The van der Waals surface area contributed by atoms with Crippen LogP contribution in [0.1, 0.15) is 25.8 Å². The number of halogens is 4. The minimum Gasteiger partial charge on any atom is -0.394 e. The fraction of sp³-hybridized carbons (Fsp3) is 0.562. The van der Waals surface area contributed by atoms with E-state index in [1.807, 2.05) is 13.8 Å². The molecule has 25 heavy (non-hydrogen) atoms. The molecule has 1 atom stereocenters. The second kappa shape index (κ2) is 9.84. The smallest absolute Gasteiger partial charge is 0.394 e. The van der Waals surface area contributed by atoms with Crippen molar-refractivity contribution in [3.63, 3.8) is 0 Å². The van der Waals surface area contributed by atoms with E-state index in [1.54, 1.807) is 0 Å². The molecular weight excluding hydrogens is 359 g/mol. The third-order valence-corrected chi connectivity index (χ3v) is 4.10. The highest BCUT2D eigenvalue weighted by Gasteiger charge is 2.33. The Labute approximate surface area is 150 Å². The highest BCUT2D eigenvalue weighted by atomic mass is 35.5. The summed E-state index contributed by atoms with van der Waals surface area (Å²) in [4.78, 5) is 14.1. The number of hydrogen-bond acceptors (Lipinski definition) is 3. The lowest BCUT2D eigenvalue weighted by atomic mass is 10.2. The predicted octanol–water partition coefficient (Wildman–Crippen LogP) is 3.57. The van der Waals surface area contributed by atoms with E-state index in [2.05, 4.69) is 15.5 Å². The first-order valence-corrected chi connectivity index (χ1v) is 8.36. The molecule has 0 aliphatic carbocycles. The van der Waals surface area contributed by atoms with Gasteiger partial charge in [0.1, 0.15) is 0 Å². The van der Waals surface area contributed by atoms with E-state index in [0.29, 0.717) is 13.0 Å². The minimum atomic E-state index is -4.61. The fourth-order valence-electron chi connectivity index (χ4n) is 2.26. The summed E-state index contributed by atoms with van der Waals surface area (Å²) in [6, 6.07) is 1.94. The van der Waals surface area contributed by atoms with Gasteiger partial charge in [-0.2, -0.15) is 13.2 Å². The number of nitrogens with one attached hydrogen (secondary N) is 2. The third kappa shape index (κ3) is 7.09. The van der Waals surface area contributed by atoms with Gasteiger partial charge >= 0.3 is 12.2 Å². The lowest BCUT2D eigenvalue weighted by molar-refractivity contribution is -0.137. The first-order chi connectivity index (χ1) is 11.7. The summed E-state index contributed by atoms with van der Waals surface area (Å²) < 4.78 is 38.5. The van der Waals surface area contributed by atoms with Crippen LogP contribution in [-0.4, -0.2) is 48.3 Å². The first-order valence-electron chi connectivity index (χ1n) is 7.98. The maximum absolute atomic E-state index is 12.8. The van der Waals surface area contributed by atoms with Crippen molar-refractivity contribution < 1.29 is 23.1 Å². The van der Waals surface area contributed by atoms with Crippen LogP contribution in [0.2, 0.25) is 5.02 Å². The molecule has 1 rings (SSSR count). The van der Waals surface area contributed by atoms with Gasteiger partial charge in [-0.25, -0.2) is 4.79 Å². The summed E-state index contributed by atoms with van der Waals surface area (Å²) in [6.07, 6.45) is -4.08. The lowest BCUT2D eigenvalue weighted by Gasteiger charge is -2.22. The standard InChI is InChI=1S/C16H23ClF3N3O2/c1-3-23(4-2)8-7-12(10-24)22-15(25)21-11-5-6-14(17)13(9-11)16(18,19)20/h5-6,9,12,24H,3-4,7-8,10H2,1-2H3,(H2,21,22,25)/t12-/m0/s1. The number of alkyl halides is 3. The van der Waals surface area contributed by atoms with E-state index in [4.69, 9.17) is 11.6 Å². The monoisotopic (exact) mass is 381 g/mol. The van der Waals surface area contributed by atoms with Crippen molar-refractivity contribution in [1.29, 1.82) is 0 Å². The summed E-state index contributed by atoms with van der Waals surface area (Å²) in [7, 11) is 0.